The number of methoxy groups -OCH3 is 1. The summed E-state index contributed by atoms with van der Waals surface area (Å²) in [4.78, 5) is 67.7. The molecule has 0 aliphatic heterocycles. The second-order valence-electron chi connectivity index (χ2n) is 11.0. The van der Waals surface area contributed by atoms with Crippen LogP contribution in [-0.2, 0) is 30.3 Å². The SMILES string of the molecule is CCC(C)[C@H](NC(=O)C[C@H](O)C[C@H](Cc1ccccc1)NC(=O)[C@H](CC(N)=O)NC(=O)c1ccc2ccccc2n1)C(=O)OC. The number of hydrogen-bond acceptors (Lipinski definition) is 8. The number of esters is 1. The summed E-state index contributed by atoms with van der Waals surface area (Å²) in [5.41, 5.74) is 6.90. The summed E-state index contributed by atoms with van der Waals surface area (Å²) in [6.45, 7) is 3.69. The van der Waals surface area contributed by atoms with Crippen molar-refractivity contribution >= 4 is 40.5 Å². The Hall–Kier alpha value is -4.84. The van der Waals surface area contributed by atoms with Crippen molar-refractivity contribution in [1.82, 2.24) is 20.9 Å². The lowest BCUT2D eigenvalue weighted by Crippen LogP contribution is -2.52. The van der Waals surface area contributed by atoms with Crippen molar-refractivity contribution in [2.24, 2.45) is 11.7 Å². The van der Waals surface area contributed by atoms with Crippen LogP contribution >= 0.6 is 0 Å². The number of primary amides is 1. The standard InChI is InChI=1S/C33H41N5O7/c1-4-20(2)30(33(44)45-3)38-29(41)18-24(39)17-23(16-21-10-6-5-7-11-21)35-32(43)27(19-28(34)40)37-31(42)26-15-14-22-12-8-9-13-25(22)36-26/h5-15,20,23-24,27,30,39H,4,16-19H2,1-3H3,(H2,34,40)(H,35,43)(H,37,42)(H,38,41)/t20?,23-,24+,27-,30-/m0/s1. The van der Waals surface area contributed by atoms with Gasteiger partial charge in [0.2, 0.25) is 17.7 Å². The van der Waals surface area contributed by atoms with E-state index < -0.39 is 60.2 Å². The maximum Gasteiger partial charge on any atom is 0.328 e. The van der Waals surface area contributed by atoms with Crippen LogP contribution in [0.3, 0.4) is 0 Å². The van der Waals surface area contributed by atoms with Crippen LogP contribution < -0.4 is 21.7 Å². The average Bonchev–Trinajstić information content (AvgIpc) is 3.02. The molecule has 12 nitrogen and oxygen atoms in total. The van der Waals surface area contributed by atoms with Crippen LogP contribution in [0.2, 0.25) is 0 Å². The Morgan fingerprint density at radius 1 is 0.911 bits per heavy atom. The molecule has 5 atom stereocenters. The molecule has 3 aromatic rings. The number of nitrogens with one attached hydrogen (secondary N) is 3. The van der Waals surface area contributed by atoms with Gasteiger partial charge in [-0.25, -0.2) is 9.78 Å². The number of carbonyl (C=O) groups is 5. The molecule has 1 heterocycles. The van der Waals surface area contributed by atoms with Crippen LogP contribution in [0.4, 0.5) is 0 Å². The number of nitrogens with zero attached hydrogens (tertiary/aromatic N) is 1. The van der Waals surface area contributed by atoms with Gasteiger partial charge in [0.05, 0.1) is 31.6 Å². The zero-order valence-corrected chi connectivity index (χ0v) is 25.7. The molecule has 0 bridgehead atoms. The molecular formula is C33H41N5O7. The fraction of sp³-hybridized carbons (Fsp3) is 0.394. The number of hydrogen-bond donors (Lipinski definition) is 5. The van der Waals surface area contributed by atoms with E-state index in [1.165, 1.54) is 13.2 Å². The molecule has 0 aliphatic carbocycles. The van der Waals surface area contributed by atoms with Gasteiger partial charge in [-0.15, -0.1) is 0 Å². The molecule has 12 heteroatoms. The first-order chi connectivity index (χ1) is 21.5. The van der Waals surface area contributed by atoms with E-state index in [-0.39, 0.29) is 30.9 Å². The third-order valence-electron chi connectivity index (χ3n) is 7.49. The summed E-state index contributed by atoms with van der Waals surface area (Å²) >= 11 is 0. The van der Waals surface area contributed by atoms with E-state index in [0.717, 1.165) is 10.9 Å². The van der Waals surface area contributed by atoms with Gasteiger partial charge in [-0.1, -0.05) is 74.9 Å². The number of para-hydroxylation sites is 1. The first kappa shape index (κ1) is 34.6. The van der Waals surface area contributed by atoms with Crippen LogP contribution in [-0.4, -0.2) is 71.0 Å². The molecule has 240 valence electrons. The van der Waals surface area contributed by atoms with E-state index >= 15 is 0 Å². The number of ether oxygens (including phenoxy) is 1. The highest BCUT2D eigenvalue weighted by Gasteiger charge is 2.30. The van der Waals surface area contributed by atoms with E-state index in [4.69, 9.17) is 10.5 Å². The minimum Gasteiger partial charge on any atom is -0.467 e. The molecule has 0 saturated carbocycles. The average molecular weight is 620 g/mol. The van der Waals surface area contributed by atoms with Gasteiger partial charge >= 0.3 is 5.97 Å². The zero-order valence-electron chi connectivity index (χ0n) is 25.7. The smallest absolute Gasteiger partial charge is 0.328 e. The van der Waals surface area contributed by atoms with Crippen LogP contribution in [0, 0.1) is 5.92 Å². The third kappa shape index (κ3) is 10.7. The fourth-order valence-electron chi connectivity index (χ4n) is 4.88. The quantitative estimate of drug-likeness (QED) is 0.150. The highest BCUT2D eigenvalue weighted by Crippen LogP contribution is 2.15. The van der Waals surface area contributed by atoms with Crippen molar-refractivity contribution in [3.63, 3.8) is 0 Å². The lowest BCUT2D eigenvalue weighted by molar-refractivity contribution is -0.147. The van der Waals surface area contributed by atoms with Gasteiger partial charge in [-0.3, -0.25) is 19.2 Å². The third-order valence-corrected chi connectivity index (χ3v) is 7.49. The van der Waals surface area contributed by atoms with Crippen LogP contribution in [0.5, 0.6) is 0 Å². The number of pyridine rings is 1. The second kappa shape index (κ2) is 16.9. The lowest BCUT2D eigenvalue weighted by atomic mass is 9.97. The molecule has 1 aromatic heterocycles. The number of aliphatic hydroxyl groups excluding tert-OH is 1. The Bertz CT molecular complexity index is 1480. The molecule has 4 amide bonds. The summed E-state index contributed by atoms with van der Waals surface area (Å²) < 4.78 is 4.81. The van der Waals surface area contributed by atoms with Crippen molar-refractivity contribution < 1.29 is 33.8 Å². The van der Waals surface area contributed by atoms with Crippen LogP contribution in [0.1, 0.15) is 55.6 Å². The Morgan fingerprint density at radius 2 is 1.60 bits per heavy atom. The maximum absolute atomic E-state index is 13.5. The summed E-state index contributed by atoms with van der Waals surface area (Å²) in [6, 6.07) is 16.8. The minimum absolute atomic E-state index is 0.0380. The molecular weight excluding hydrogens is 578 g/mol. The molecule has 0 saturated heterocycles. The molecule has 1 unspecified atom stereocenters. The van der Waals surface area contributed by atoms with E-state index in [9.17, 15) is 29.1 Å². The number of nitrogens with two attached hydrogens (primary N) is 1. The Labute approximate surface area is 262 Å². The monoisotopic (exact) mass is 619 g/mol. The Kier molecular flexibility index (Phi) is 13.0. The summed E-state index contributed by atoms with van der Waals surface area (Å²) in [7, 11) is 1.24. The van der Waals surface area contributed by atoms with Crippen molar-refractivity contribution in [3.05, 3.63) is 78.0 Å². The van der Waals surface area contributed by atoms with E-state index in [1.54, 1.807) is 25.1 Å². The highest BCUT2D eigenvalue weighted by molar-refractivity contribution is 5.99. The molecule has 45 heavy (non-hydrogen) atoms. The van der Waals surface area contributed by atoms with Gasteiger partial charge in [0.1, 0.15) is 17.8 Å². The lowest BCUT2D eigenvalue weighted by Gasteiger charge is -2.26. The second-order valence-corrected chi connectivity index (χ2v) is 11.0. The van der Waals surface area contributed by atoms with Crippen molar-refractivity contribution in [3.8, 4) is 0 Å². The van der Waals surface area contributed by atoms with Gasteiger partial charge in [0.15, 0.2) is 0 Å². The van der Waals surface area contributed by atoms with Gasteiger partial charge < -0.3 is 31.5 Å². The molecule has 0 fully saturated rings. The van der Waals surface area contributed by atoms with E-state index in [1.807, 2.05) is 49.4 Å². The Morgan fingerprint density at radius 3 is 2.27 bits per heavy atom. The number of fused-ring (bicyclic) bond motifs is 1. The normalized spacial score (nSPS) is 14.3. The molecule has 6 N–H and O–H groups in total. The van der Waals surface area contributed by atoms with E-state index in [2.05, 4.69) is 20.9 Å². The van der Waals surface area contributed by atoms with Crippen LogP contribution in [0.25, 0.3) is 10.9 Å². The van der Waals surface area contributed by atoms with Crippen molar-refractivity contribution in [2.75, 3.05) is 7.11 Å². The van der Waals surface area contributed by atoms with Crippen molar-refractivity contribution in [2.45, 2.75) is 70.2 Å². The first-order valence-electron chi connectivity index (χ1n) is 14.8. The topological polar surface area (TPSA) is 190 Å². The minimum atomic E-state index is -1.32. The molecule has 3 rings (SSSR count). The summed E-state index contributed by atoms with van der Waals surface area (Å²) in [5, 5.41) is 19.7. The predicted molar refractivity (Wildman–Crippen MR) is 168 cm³/mol. The summed E-state index contributed by atoms with van der Waals surface area (Å²) in [5.74, 6) is -3.49. The maximum atomic E-state index is 13.5. The van der Waals surface area contributed by atoms with Crippen molar-refractivity contribution in [1.29, 1.82) is 0 Å². The fourth-order valence-corrected chi connectivity index (χ4v) is 4.88. The van der Waals surface area contributed by atoms with Crippen LogP contribution in [0.15, 0.2) is 66.7 Å². The molecule has 0 aliphatic rings. The van der Waals surface area contributed by atoms with Gasteiger partial charge in [-0.05, 0) is 36.5 Å². The highest BCUT2D eigenvalue weighted by atomic mass is 16.5. The first-order valence-corrected chi connectivity index (χ1v) is 14.8. The number of aliphatic hydroxyl groups is 1. The molecule has 0 radical (unpaired) electrons. The molecule has 0 spiro atoms. The number of amides is 4. The van der Waals surface area contributed by atoms with E-state index in [0.29, 0.717) is 11.9 Å². The van der Waals surface area contributed by atoms with Gasteiger partial charge in [0, 0.05) is 11.4 Å². The predicted octanol–water partition coefficient (Wildman–Crippen LogP) is 1.78. The summed E-state index contributed by atoms with van der Waals surface area (Å²) in [6.07, 6.45) is -1.14. The number of benzene rings is 2. The largest absolute Gasteiger partial charge is 0.467 e. The Balaban J connectivity index is 1.73. The van der Waals surface area contributed by atoms with Gasteiger partial charge in [0.25, 0.3) is 5.91 Å². The molecule has 2 aromatic carbocycles. The van der Waals surface area contributed by atoms with Gasteiger partial charge in [-0.2, -0.15) is 0 Å². The number of rotatable bonds is 16. The number of carbonyl (C=O) groups excluding carboxylic acids is 5. The number of aromatic nitrogens is 1. The zero-order chi connectivity index (χ0) is 32.9.